The molecule has 1 atom stereocenters. The number of carboxylic acids is 1. The van der Waals surface area contributed by atoms with Gasteiger partial charge in [-0.15, -0.1) is 11.3 Å². The average Bonchev–Trinajstić information content (AvgIpc) is 2.94. The summed E-state index contributed by atoms with van der Waals surface area (Å²) in [6.45, 7) is 1.69. The van der Waals surface area contributed by atoms with Crippen molar-refractivity contribution in [3.05, 3.63) is 46.7 Å². The highest BCUT2D eigenvalue weighted by molar-refractivity contribution is 7.12. The van der Waals surface area contributed by atoms with Gasteiger partial charge < -0.3 is 10.4 Å². The van der Waals surface area contributed by atoms with E-state index in [0.29, 0.717) is 4.88 Å². The molecular formula is C15H15NO3S. The molecule has 0 aliphatic carbocycles. The molecule has 0 saturated carbocycles. The molecule has 1 heterocycles. The number of benzene rings is 1. The maximum atomic E-state index is 12.1. The second-order valence-electron chi connectivity index (χ2n) is 4.48. The van der Waals surface area contributed by atoms with Crippen molar-refractivity contribution in [2.75, 3.05) is 6.54 Å². The van der Waals surface area contributed by atoms with E-state index in [4.69, 9.17) is 5.11 Å². The Kier molecular flexibility index (Phi) is 4.53. The number of nitrogens with one attached hydrogen (secondary N) is 1. The fourth-order valence-electron chi connectivity index (χ4n) is 1.74. The molecule has 1 aromatic carbocycles. The van der Waals surface area contributed by atoms with Crippen LogP contribution in [0.2, 0.25) is 0 Å². The van der Waals surface area contributed by atoms with Gasteiger partial charge in [0, 0.05) is 12.1 Å². The molecule has 0 aliphatic heterocycles. The minimum Gasteiger partial charge on any atom is -0.481 e. The summed E-state index contributed by atoms with van der Waals surface area (Å²) in [5.41, 5.74) is 1.85. The van der Waals surface area contributed by atoms with Crippen LogP contribution in [0, 0.1) is 5.92 Å². The van der Waals surface area contributed by atoms with Gasteiger partial charge in [-0.2, -0.15) is 0 Å². The van der Waals surface area contributed by atoms with Crippen molar-refractivity contribution in [1.29, 1.82) is 0 Å². The Morgan fingerprint density at radius 1 is 1.25 bits per heavy atom. The van der Waals surface area contributed by atoms with Crippen LogP contribution < -0.4 is 5.32 Å². The van der Waals surface area contributed by atoms with Gasteiger partial charge in [-0.05, 0) is 17.0 Å². The van der Waals surface area contributed by atoms with E-state index in [1.165, 1.54) is 11.3 Å². The van der Waals surface area contributed by atoms with Crippen LogP contribution in [-0.4, -0.2) is 23.5 Å². The first kappa shape index (κ1) is 14.3. The number of hydrogen-bond acceptors (Lipinski definition) is 3. The average molecular weight is 289 g/mol. The van der Waals surface area contributed by atoms with E-state index in [-0.39, 0.29) is 12.5 Å². The number of hydrogen-bond donors (Lipinski definition) is 2. The first-order chi connectivity index (χ1) is 9.59. The quantitative estimate of drug-likeness (QED) is 0.889. The molecule has 1 unspecified atom stereocenters. The monoisotopic (exact) mass is 289 g/mol. The number of amides is 1. The second-order valence-corrected chi connectivity index (χ2v) is 5.39. The zero-order chi connectivity index (χ0) is 14.5. The van der Waals surface area contributed by atoms with Crippen molar-refractivity contribution in [2.24, 2.45) is 5.92 Å². The molecule has 0 bridgehead atoms. The molecule has 0 saturated heterocycles. The van der Waals surface area contributed by atoms with Crippen LogP contribution >= 0.6 is 11.3 Å². The molecule has 0 radical (unpaired) electrons. The molecule has 20 heavy (non-hydrogen) atoms. The van der Waals surface area contributed by atoms with Gasteiger partial charge in [0.15, 0.2) is 0 Å². The van der Waals surface area contributed by atoms with Crippen molar-refractivity contribution in [2.45, 2.75) is 6.92 Å². The summed E-state index contributed by atoms with van der Waals surface area (Å²) in [6, 6.07) is 11.5. The van der Waals surface area contributed by atoms with Crippen LogP contribution in [0.15, 0.2) is 41.8 Å². The summed E-state index contributed by atoms with van der Waals surface area (Å²) in [4.78, 5) is 23.5. The number of rotatable bonds is 5. The third-order valence-electron chi connectivity index (χ3n) is 2.95. The molecule has 0 aliphatic rings. The Labute approximate surface area is 121 Å². The van der Waals surface area contributed by atoms with Gasteiger partial charge in [-0.1, -0.05) is 37.3 Å². The molecule has 5 heteroatoms. The molecule has 2 rings (SSSR count). The summed E-state index contributed by atoms with van der Waals surface area (Å²) in [6.07, 6.45) is 0. The lowest BCUT2D eigenvalue weighted by Crippen LogP contribution is -2.31. The van der Waals surface area contributed by atoms with E-state index in [1.54, 1.807) is 6.92 Å². The van der Waals surface area contributed by atoms with Gasteiger partial charge in [0.2, 0.25) is 0 Å². The third kappa shape index (κ3) is 3.24. The van der Waals surface area contributed by atoms with Crippen molar-refractivity contribution in [3.63, 3.8) is 0 Å². The molecule has 4 nitrogen and oxygen atoms in total. The Balaban J connectivity index is 2.12. The summed E-state index contributed by atoms with van der Waals surface area (Å²) >= 11 is 1.35. The van der Waals surface area contributed by atoms with Crippen molar-refractivity contribution in [3.8, 4) is 11.1 Å². The zero-order valence-corrected chi connectivity index (χ0v) is 11.8. The number of aliphatic carboxylic acids is 1. The highest BCUT2D eigenvalue weighted by Crippen LogP contribution is 2.27. The standard InChI is InChI=1S/C15H15NO3S/c1-10(15(18)19)9-16-14(17)13-12(7-8-20-13)11-5-3-2-4-6-11/h2-8,10H,9H2,1H3,(H,16,17)(H,18,19). The van der Waals surface area contributed by atoms with E-state index >= 15 is 0 Å². The van der Waals surface area contributed by atoms with Gasteiger partial charge in [-0.3, -0.25) is 9.59 Å². The van der Waals surface area contributed by atoms with Crippen LogP contribution in [0.5, 0.6) is 0 Å². The third-order valence-corrected chi connectivity index (χ3v) is 3.86. The number of thiophene rings is 1. The lowest BCUT2D eigenvalue weighted by molar-refractivity contribution is -0.140. The Morgan fingerprint density at radius 3 is 2.60 bits per heavy atom. The summed E-state index contributed by atoms with van der Waals surface area (Å²) in [5.74, 6) is -1.74. The van der Waals surface area contributed by atoms with Gasteiger partial charge in [0.1, 0.15) is 0 Å². The minimum absolute atomic E-state index is 0.125. The number of carboxylic acid groups (broad SMARTS) is 1. The minimum atomic E-state index is -0.917. The van der Waals surface area contributed by atoms with Crippen molar-refractivity contribution in [1.82, 2.24) is 5.32 Å². The van der Waals surface area contributed by atoms with E-state index in [0.717, 1.165) is 11.1 Å². The predicted octanol–water partition coefficient (Wildman–Crippen LogP) is 2.87. The van der Waals surface area contributed by atoms with E-state index in [1.807, 2.05) is 41.8 Å². The Bertz CT molecular complexity index is 607. The molecule has 0 spiro atoms. The summed E-state index contributed by atoms with van der Waals surface area (Å²) < 4.78 is 0. The highest BCUT2D eigenvalue weighted by Gasteiger charge is 2.17. The maximum Gasteiger partial charge on any atom is 0.308 e. The fourth-order valence-corrected chi connectivity index (χ4v) is 2.58. The first-order valence-corrected chi connectivity index (χ1v) is 7.11. The van der Waals surface area contributed by atoms with Crippen LogP contribution in [0.25, 0.3) is 11.1 Å². The predicted molar refractivity (Wildman–Crippen MR) is 78.9 cm³/mol. The Morgan fingerprint density at radius 2 is 1.95 bits per heavy atom. The molecule has 0 fully saturated rings. The molecule has 2 aromatic rings. The first-order valence-electron chi connectivity index (χ1n) is 6.23. The number of carbonyl (C=O) groups is 2. The lowest BCUT2D eigenvalue weighted by atomic mass is 10.1. The SMILES string of the molecule is CC(CNC(=O)c1sccc1-c1ccccc1)C(=O)O. The van der Waals surface area contributed by atoms with E-state index in [2.05, 4.69) is 5.32 Å². The van der Waals surface area contributed by atoms with Gasteiger partial charge in [0.05, 0.1) is 10.8 Å². The van der Waals surface area contributed by atoms with Crippen LogP contribution in [0.4, 0.5) is 0 Å². The zero-order valence-electron chi connectivity index (χ0n) is 11.0. The van der Waals surface area contributed by atoms with Gasteiger partial charge >= 0.3 is 5.97 Å². The highest BCUT2D eigenvalue weighted by atomic mass is 32.1. The van der Waals surface area contributed by atoms with Crippen LogP contribution in [0.3, 0.4) is 0 Å². The normalized spacial score (nSPS) is 11.8. The molecule has 104 valence electrons. The summed E-state index contributed by atoms with van der Waals surface area (Å²) in [5, 5.41) is 13.3. The number of carbonyl (C=O) groups excluding carboxylic acids is 1. The maximum absolute atomic E-state index is 12.1. The topological polar surface area (TPSA) is 66.4 Å². The largest absolute Gasteiger partial charge is 0.481 e. The van der Waals surface area contributed by atoms with E-state index in [9.17, 15) is 9.59 Å². The van der Waals surface area contributed by atoms with Gasteiger partial charge in [0.25, 0.3) is 5.91 Å². The van der Waals surface area contributed by atoms with Crippen LogP contribution in [0.1, 0.15) is 16.6 Å². The lowest BCUT2D eigenvalue weighted by Gasteiger charge is -2.09. The molecule has 1 aromatic heterocycles. The Hall–Kier alpha value is -2.14. The molecular weight excluding hydrogens is 274 g/mol. The van der Waals surface area contributed by atoms with E-state index < -0.39 is 11.9 Å². The van der Waals surface area contributed by atoms with Crippen molar-refractivity contribution >= 4 is 23.2 Å². The van der Waals surface area contributed by atoms with Crippen LogP contribution in [-0.2, 0) is 4.79 Å². The van der Waals surface area contributed by atoms with Crippen molar-refractivity contribution < 1.29 is 14.7 Å². The molecule has 1 amide bonds. The second kappa shape index (κ2) is 6.34. The summed E-state index contributed by atoms with van der Waals surface area (Å²) in [7, 11) is 0. The molecule has 2 N–H and O–H groups in total. The smallest absolute Gasteiger partial charge is 0.308 e. The van der Waals surface area contributed by atoms with Gasteiger partial charge in [-0.25, -0.2) is 0 Å². The fraction of sp³-hybridized carbons (Fsp3) is 0.200.